The van der Waals surface area contributed by atoms with Gasteiger partial charge in [-0.15, -0.1) is 5.10 Å². The first-order valence-corrected chi connectivity index (χ1v) is 11.7. The molecule has 0 aliphatic carbocycles. The molecule has 1 fully saturated rings. The van der Waals surface area contributed by atoms with Crippen molar-refractivity contribution in [1.82, 2.24) is 19.9 Å². The lowest BCUT2D eigenvalue weighted by Crippen LogP contribution is -2.43. The summed E-state index contributed by atoms with van der Waals surface area (Å²) in [5.74, 6) is 1.47. The monoisotopic (exact) mass is 463 g/mol. The quantitative estimate of drug-likeness (QED) is 0.308. The van der Waals surface area contributed by atoms with Crippen LogP contribution < -0.4 is 21.7 Å². The van der Waals surface area contributed by atoms with Gasteiger partial charge in [0, 0.05) is 42.9 Å². The topological polar surface area (TPSA) is 130 Å². The second-order valence-corrected chi connectivity index (χ2v) is 9.08. The standard InChI is InChI=1S/C25H33N7O2/c1-15(2)22-24(30-13-19-7-9-27-14-20(19)33)31-32-21(8-10-28-25(22)32)29-12-17-5-4-6-18(11-17)16(3)23(26)34/h4-6,8,10-11,15,19-20,27,29,33H,3,7,9,12-14H2,1-2H3,(H2,26,34)(H,30,31)/t19-,20+/m1/s1. The number of amides is 1. The van der Waals surface area contributed by atoms with Gasteiger partial charge in [0.05, 0.1) is 6.10 Å². The van der Waals surface area contributed by atoms with Gasteiger partial charge >= 0.3 is 0 Å². The zero-order valence-electron chi connectivity index (χ0n) is 19.7. The summed E-state index contributed by atoms with van der Waals surface area (Å²) in [6, 6.07) is 9.46. The Labute approximate surface area is 199 Å². The number of β-amino-alcohol motifs (C(OH)–C–C–N with tert-alkyl or cyclic N) is 1. The van der Waals surface area contributed by atoms with Gasteiger partial charge in [-0.25, -0.2) is 4.98 Å². The Kier molecular flexibility index (Phi) is 7.14. The third-order valence-corrected chi connectivity index (χ3v) is 6.30. The maximum absolute atomic E-state index is 11.5. The highest BCUT2D eigenvalue weighted by molar-refractivity contribution is 6.17. The van der Waals surface area contributed by atoms with Crippen LogP contribution in [0.1, 0.15) is 42.9 Å². The highest BCUT2D eigenvalue weighted by atomic mass is 16.3. The number of fused-ring (bicyclic) bond motifs is 1. The Bertz CT molecular complexity index is 1190. The number of benzene rings is 1. The van der Waals surface area contributed by atoms with E-state index in [4.69, 9.17) is 10.8 Å². The number of aliphatic hydroxyl groups excluding tert-OH is 1. The molecule has 3 heterocycles. The summed E-state index contributed by atoms with van der Waals surface area (Å²) >= 11 is 0. The molecule has 0 radical (unpaired) electrons. The van der Waals surface area contributed by atoms with Crippen molar-refractivity contribution >= 4 is 28.8 Å². The van der Waals surface area contributed by atoms with Crippen LogP contribution in [-0.2, 0) is 11.3 Å². The van der Waals surface area contributed by atoms with Crippen LogP contribution in [0.4, 0.5) is 11.6 Å². The highest BCUT2D eigenvalue weighted by Crippen LogP contribution is 2.29. The molecule has 6 N–H and O–H groups in total. The van der Waals surface area contributed by atoms with E-state index in [0.29, 0.717) is 25.2 Å². The largest absolute Gasteiger partial charge is 0.391 e. The van der Waals surface area contributed by atoms with Crippen LogP contribution in [0.3, 0.4) is 0 Å². The van der Waals surface area contributed by atoms with E-state index in [1.54, 1.807) is 6.20 Å². The minimum Gasteiger partial charge on any atom is -0.391 e. The molecule has 2 aromatic heterocycles. The van der Waals surface area contributed by atoms with Crippen LogP contribution in [0.5, 0.6) is 0 Å². The van der Waals surface area contributed by atoms with Crippen molar-refractivity contribution < 1.29 is 9.90 Å². The fraction of sp³-hybridized carbons (Fsp3) is 0.400. The molecular weight excluding hydrogens is 430 g/mol. The molecule has 2 atom stereocenters. The predicted octanol–water partition coefficient (Wildman–Crippen LogP) is 2.35. The molecule has 1 saturated heterocycles. The Balaban J connectivity index is 1.56. The molecular formula is C25H33N7O2. The summed E-state index contributed by atoms with van der Waals surface area (Å²) in [6.07, 6.45) is 2.33. The molecule has 1 aromatic carbocycles. The van der Waals surface area contributed by atoms with Gasteiger partial charge in [0.25, 0.3) is 0 Å². The fourth-order valence-corrected chi connectivity index (χ4v) is 4.32. The van der Waals surface area contributed by atoms with E-state index >= 15 is 0 Å². The van der Waals surface area contributed by atoms with E-state index in [2.05, 4.69) is 41.4 Å². The first kappa shape index (κ1) is 23.7. The first-order chi connectivity index (χ1) is 16.3. The molecule has 0 bridgehead atoms. The second kappa shape index (κ2) is 10.2. The molecule has 180 valence electrons. The van der Waals surface area contributed by atoms with Crippen LogP contribution in [0.2, 0.25) is 0 Å². The lowest BCUT2D eigenvalue weighted by atomic mass is 9.95. The van der Waals surface area contributed by atoms with Gasteiger partial charge in [-0.1, -0.05) is 38.6 Å². The normalized spacial score (nSPS) is 18.2. The van der Waals surface area contributed by atoms with Crippen LogP contribution in [0.25, 0.3) is 11.2 Å². The van der Waals surface area contributed by atoms with Gasteiger partial charge in [-0.3, -0.25) is 4.79 Å². The van der Waals surface area contributed by atoms with E-state index in [9.17, 15) is 9.90 Å². The van der Waals surface area contributed by atoms with Crippen LogP contribution in [-0.4, -0.2) is 51.4 Å². The number of carbonyl (C=O) groups excluding carboxylic acids is 1. The smallest absolute Gasteiger partial charge is 0.248 e. The fourth-order valence-electron chi connectivity index (χ4n) is 4.32. The number of anilines is 2. The van der Waals surface area contributed by atoms with Crippen molar-refractivity contribution in [2.75, 3.05) is 30.3 Å². The predicted molar refractivity (Wildman–Crippen MR) is 135 cm³/mol. The number of primary amides is 1. The van der Waals surface area contributed by atoms with Gasteiger partial charge in [-0.2, -0.15) is 4.52 Å². The van der Waals surface area contributed by atoms with Gasteiger partial charge in [0.1, 0.15) is 5.82 Å². The number of nitrogens with zero attached hydrogens (tertiary/aromatic N) is 3. The minimum atomic E-state index is -0.532. The molecule has 0 saturated carbocycles. The number of rotatable bonds is 9. The summed E-state index contributed by atoms with van der Waals surface area (Å²) in [4.78, 5) is 16.1. The van der Waals surface area contributed by atoms with Crippen molar-refractivity contribution in [3.05, 3.63) is 59.8 Å². The van der Waals surface area contributed by atoms with Crippen molar-refractivity contribution in [2.24, 2.45) is 11.7 Å². The van der Waals surface area contributed by atoms with E-state index in [1.165, 1.54) is 0 Å². The third kappa shape index (κ3) is 5.05. The molecule has 9 nitrogen and oxygen atoms in total. The Morgan fingerprint density at radius 3 is 2.91 bits per heavy atom. The Morgan fingerprint density at radius 2 is 2.18 bits per heavy atom. The number of hydrogen-bond acceptors (Lipinski definition) is 7. The maximum atomic E-state index is 11.5. The van der Waals surface area contributed by atoms with Crippen LogP contribution >= 0.6 is 0 Å². The number of nitrogens with two attached hydrogens (primary N) is 1. The summed E-state index contributed by atoms with van der Waals surface area (Å²) in [5, 5.41) is 25.2. The third-order valence-electron chi connectivity index (χ3n) is 6.30. The lowest BCUT2D eigenvalue weighted by Gasteiger charge is -2.28. The summed E-state index contributed by atoms with van der Waals surface area (Å²) in [7, 11) is 0. The van der Waals surface area contributed by atoms with Crippen molar-refractivity contribution in [1.29, 1.82) is 0 Å². The molecule has 1 aliphatic heterocycles. The number of nitrogens with one attached hydrogen (secondary N) is 3. The van der Waals surface area contributed by atoms with Gasteiger partial charge in [0.15, 0.2) is 11.5 Å². The summed E-state index contributed by atoms with van der Waals surface area (Å²) in [5.41, 5.74) is 9.20. The Morgan fingerprint density at radius 1 is 1.35 bits per heavy atom. The average molecular weight is 464 g/mol. The zero-order valence-corrected chi connectivity index (χ0v) is 19.7. The molecule has 3 aromatic rings. The summed E-state index contributed by atoms with van der Waals surface area (Å²) < 4.78 is 1.82. The van der Waals surface area contributed by atoms with E-state index in [1.807, 2.05) is 34.8 Å². The lowest BCUT2D eigenvalue weighted by molar-refractivity contribution is -0.112. The molecule has 1 aliphatic rings. The molecule has 0 spiro atoms. The average Bonchev–Trinajstić information content (AvgIpc) is 3.21. The zero-order chi connectivity index (χ0) is 24.2. The van der Waals surface area contributed by atoms with Gasteiger partial charge in [0.2, 0.25) is 5.91 Å². The molecule has 1 amide bonds. The molecule has 9 heteroatoms. The number of piperidine rings is 1. The van der Waals surface area contributed by atoms with Crippen molar-refractivity contribution in [3.8, 4) is 0 Å². The molecule has 0 unspecified atom stereocenters. The summed E-state index contributed by atoms with van der Waals surface area (Å²) in [6.45, 7) is 10.7. The van der Waals surface area contributed by atoms with Gasteiger partial charge in [-0.05, 0) is 42.1 Å². The Hall–Kier alpha value is -3.43. The van der Waals surface area contributed by atoms with E-state index in [-0.39, 0.29) is 23.5 Å². The van der Waals surface area contributed by atoms with Crippen molar-refractivity contribution in [3.63, 3.8) is 0 Å². The second-order valence-electron chi connectivity index (χ2n) is 9.08. The van der Waals surface area contributed by atoms with Gasteiger partial charge < -0.3 is 26.8 Å². The molecule has 34 heavy (non-hydrogen) atoms. The minimum absolute atomic E-state index is 0.180. The van der Waals surface area contributed by atoms with E-state index < -0.39 is 5.91 Å². The van der Waals surface area contributed by atoms with E-state index in [0.717, 1.165) is 41.4 Å². The number of aromatic nitrogens is 3. The number of aliphatic hydroxyl groups is 1. The maximum Gasteiger partial charge on any atom is 0.248 e. The molecule has 4 rings (SSSR count). The highest BCUT2D eigenvalue weighted by Gasteiger charge is 2.24. The SMILES string of the molecule is C=C(C(N)=O)c1cccc(CNc2ccnc3c(C(C)C)c(NC[C@H]4CCNC[C@@H]4O)nn23)c1. The number of carbonyl (C=O) groups is 1. The first-order valence-electron chi connectivity index (χ1n) is 11.7. The van der Waals surface area contributed by atoms with Crippen molar-refractivity contribution in [2.45, 2.75) is 38.8 Å². The van der Waals surface area contributed by atoms with Crippen LogP contribution in [0, 0.1) is 5.92 Å². The van der Waals surface area contributed by atoms with Crippen LogP contribution in [0.15, 0.2) is 43.1 Å². The number of hydrogen-bond donors (Lipinski definition) is 5.